The number of fused-ring (bicyclic) bond motifs is 1. The van der Waals surface area contributed by atoms with Crippen molar-refractivity contribution in [2.24, 2.45) is 0 Å². The molecule has 2 aromatic carbocycles. The Morgan fingerprint density at radius 1 is 1.28 bits per heavy atom. The molecule has 0 spiro atoms. The summed E-state index contributed by atoms with van der Waals surface area (Å²) >= 11 is 0. The van der Waals surface area contributed by atoms with Gasteiger partial charge in [-0.2, -0.15) is 0 Å². The highest BCUT2D eigenvalue weighted by atomic mass is 19.1. The summed E-state index contributed by atoms with van der Waals surface area (Å²) in [5.41, 5.74) is 1.00. The second-order valence-corrected chi connectivity index (χ2v) is 5.30. The van der Waals surface area contributed by atoms with Crippen LogP contribution in [0.2, 0.25) is 0 Å². The molecule has 128 valence electrons. The second-order valence-electron chi connectivity index (χ2n) is 5.30. The lowest BCUT2D eigenvalue weighted by Gasteiger charge is -2.06. The zero-order valence-corrected chi connectivity index (χ0v) is 13.1. The Balaban J connectivity index is 1.83. The maximum Gasteiger partial charge on any atom is 0.280 e. The maximum absolute atomic E-state index is 13.2. The summed E-state index contributed by atoms with van der Waals surface area (Å²) in [6, 6.07) is 6.70. The van der Waals surface area contributed by atoms with Gasteiger partial charge in [0.25, 0.3) is 5.69 Å². The first kappa shape index (κ1) is 16.4. The van der Waals surface area contributed by atoms with Crippen LogP contribution in [-0.4, -0.2) is 17.6 Å². The van der Waals surface area contributed by atoms with Gasteiger partial charge in [-0.3, -0.25) is 14.9 Å². The van der Waals surface area contributed by atoms with Crippen LogP contribution in [0.15, 0.2) is 36.4 Å². The molecule has 0 aromatic heterocycles. The fourth-order valence-corrected chi connectivity index (χ4v) is 2.31. The Kier molecular flexibility index (Phi) is 4.34. The van der Waals surface area contributed by atoms with Crippen molar-refractivity contribution in [3.05, 3.63) is 63.5 Å². The number of nitrogens with zero attached hydrogens (tertiary/aromatic N) is 1. The van der Waals surface area contributed by atoms with Crippen LogP contribution in [0, 0.1) is 22.9 Å². The average molecular weight is 344 g/mol. The standard InChI is InChI=1S/C17H13FN2O5/c1-10-2-4-12(18)7-13(10)19-17(21)5-3-11-6-15-16(25-9-24-15)8-14(11)20(22)23/h2-8H,9H2,1H3,(H,19,21)/b5-3+. The number of carbonyl (C=O) groups excluding carboxylic acids is 1. The molecule has 0 saturated carbocycles. The van der Waals surface area contributed by atoms with Crippen molar-refractivity contribution in [2.45, 2.75) is 6.92 Å². The van der Waals surface area contributed by atoms with Crippen molar-refractivity contribution in [1.82, 2.24) is 0 Å². The van der Waals surface area contributed by atoms with Gasteiger partial charge in [0.05, 0.1) is 16.6 Å². The van der Waals surface area contributed by atoms with Gasteiger partial charge in [0.15, 0.2) is 11.5 Å². The molecular weight excluding hydrogens is 331 g/mol. The largest absolute Gasteiger partial charge is 0.454 e. The summed E-state index contributed by atoms with van der Waals surface area (Å²) < 4.78 is 23.5. The van der Waals surface area contributed by atoms with E-state index in [1.807, 2.05) is 0 Å². The van der Waals surface area contributed by atoms with E-state index in [0.717, 1.165) is 6.08 Å². The Labute approximate surface area is 141 Å². The molecular formula is C17H13FN2O5. The molecule has 0 aliphatic carbocycles. The lowest BCUT2D eigenvalue weighted by atomic mass is 10.1. The van der Waals surface area contributed by atoms with E-state index in [4.69, 9.17) is 9.47 Å². The average Bonchev–Trinajstić information content (AvgIpc) is 3.02. The number of amides is 1. The third-order valence-electron chi connectivity index (χ3n) is 3.59. The molecule has 1 aliphatic rings. The second kappa shape index (κ2) is 6.60. The summed E-state index contributed by atoms with van der Waals surface area (Å²) in [5, 5.41) is 13.7. The monoisotopic (exact) mass is 344 g/mol. The van der Waals surface area contributed by atoms with E-state index in [2.05, 4.69) is 5.32 Å². The van der Waals surface area contributed by atoms with E-state index in [0.29, 0.717) is 17.0 Å². The lowest BCUT2D eigenvalue weighted by Crippen LogP contribution is -2.09. The first-order chi connectivity index (χ1) is 11.9. The molecule has 1 heterocycles. The SMILES string of the molecule is Cc1ccc(F)cc1NC(=O)/C=C/c1cc2c(cc1[N+](=O)[O-])OCO2. The number of rotatable bonds is 4. The number of carbonyl (C=O) groups is 1. The van der Waals surface area contributed by atoms with Crippen molar-refractivity contribution >= 4 is 23.4 Å². The summed E-state index contributed by atoms with van der Waals surface area (Å²) in [5.74, 6) is -0.368. The van der Waals surface area contributed by atoms with Gasteiger partial charge in [0.1, 0.15) is 5.82 Å². The van der Waals surface area contributed by atoms with Gasteiger partial charge in [-0.1, -0.05) is 6.07 Å². The lowest BCUT2D eigenvalue weighted by molar-refractivity contribution is -0.385. The number of halogens is 1. The van der Waals surface area contributed by atoms with Crippen molar-refractivity contribution in [3.63, 3.8) is 0 Å². The zero-order chi connectivity index (χ0) is 18.0. The van der Waals surface area contributed by atoms with Crippen molar-refractivity contribution in [3.8, 4) is 11.5 Å². The van der Waals surface area contributed by atoms with E-state index in [1.54, 1.807) is 6.92 Å². The Bertz CT molecular complexity index is 895. The van der Waals surface area contributed by atoms with Crippen LogP contribution >= 0.6 is 0 Å². The van der Waals surface area contributed by atoms with E-state index in [1.165, 1.54) is 36.4 Å². The van der Waals surface area contributed by atoms with Gasteiger partial charge in [0, 0.05) is 11.8 Å². The van der Waals surface area contributed by atoms with Gasteiger partial charge >= 0.3 is 0 Å². The van der Waals surface area contributed by atoms with Crippen LogP contribution in [0.25, 0.3) is 6.08 Å². The Morgan fingerprint density at radius 2 is 2.00 bits per heavy atom. The number of hydrogen-bond donors (Lipinski definition) is 1. The van der Waals surface area contributed by atoms with Gasteiger partial charge < -0.3 is 14.8 Å². The van der Waals surface area contributed by atoms with Crippen molar-refractivity contribution < 1.29 is 23.6 Å². The van der Waals surface area contributed by atoms with Crippen LogP contribution in [-0.2, 0) is 4.79 Å². The fraction of sp³-hybridized carbons (Fsp3) is 0.118. The van der Waals surface area contributed by atoms with Crippen LogP contribution in [0.3, 0.4) is 0 Å². The summed E-state index contributed by atoms with van der Waals surface area (Å²) in [4.78, 5) is 22.6. The molecule has 1 amide bonds. The third kappa shape index (κ3) is 3.57. The molecule has 2 aromatic rings. The third-order valence-corrected chi connectivity index (χ3v) is 3.59. The minimum atomic E-state index is -0.573. The quantitative estimate of drug-likeness (QED) is 0.521. The van der Waals surface area contributed by atoms with Crippen LogP contribution in [0.5, 0.6) is 11.5 Å². The predicted octanol–water partition coefficient (Wildman–Crippen LogP) is 3.42. The van der Waals surface area contributed by atoms with Crippen molar-refractivity contribution in [1.29, 1.82) is 0 Å². The molecule has 7 nitrogen and oxygen atoms in total. The van der Waals surface area contributed by atoms with Crippen LogP contribution < -0.4 is 14.8 Å². The number of aryl methyl sites for hydroxylation is 1. The fourth-order valence-electron chi connectivity index (χ4n) is 2.31. The number of benzene rings is 2. The topological polar surface area (TPSA) is 90.7 Å². The smallest absolute Gasteiger partial charge is 0.280 e. The van der Waals surface area contributed by atoms with Crippen molar-refractivity contribution in [2.75, 3.05) is 12.1 Å². The van der Waals surface area contributed by atoms with Crippen LogP contribution in [0.4, 0.5) is 15.8 Å². The van der Waals surface area contributed by atoms with E-state index >= 15 is 0 Å². The molecule has 25 heavy (non-hydrogen) atoms. The molecule has 8 heteroatoms. The molecule has 3 rings (SSSR count). The Morgan fingerprint density at radius 3 is 2.72 bits per heavy atom. The normalized spacial score (nSPS) is 12.4. The van der Waals surface area contributed by atoms with Gasteiger partial charge in [-0.15, -0.1) is 0 Å². The van der Waals surface area contributed by atoms with E-state index in [-0.39, 0.29) is 23.8 Å². The Hall–Kier alpha value is -3.42. The van der Waals surface area contributed by atoms with Gasteiger partial charge in [-0.05, 0) is 36.8 Å². The van der Waals surface area contributed by atoms with Gasteiger partial charge in [0.2, 0.25) is 12.7 Å². The number of nitro benzene ring substituents is 1. The highest BCUT2D eigenvalue weighted by molar-refractivity contribution is 6.02. The number of hydrogen-bond acceptors (Lipinski definition) is 5. The molecule has 0 fully saturated rings. The molecule has 0 saturated heterocycles. The number of anilines is 1. The molecule has 1 N–H and O–H groups in total. The highest BCUT2D eigenvalue weighted by Crippen LogP contribution is 2.38. The predicted molar refractivity (Wildman–Crippen MR) is 88.0 cm³/mol. The highest BCUT2D eigenvalue weighted by Gasteiger charge is 2.22. The van der Waals surface area contributed by atoms with E-state index in [9.17, 15) is 19.3 Å². The van der Waals surface area contributed by atoms with E-state index < -0.39 is 16.6 Å². The maximum atomic E-state index is 13.2. The first-order valence-electron chi connectivity index (χ1n) is 7.27. The van der Waals surface area contributed by atoms with Crippen LogP contribution in [0.1, 0.15) is 11.1 Å². The first-order valence-corrected chi connectivity index (χ1v) is 7.27. The number of nitro groups is 1. The number of nitrogens with one attached hydrogen (secondary N) is 1. The summed E-state index contributed by atoms with van der Waals surface area (Å²) in [7, 11) is 0. The molecule has 0 bridgehead atoms. The minimum Gasteiger partial charge on any atom is -0.454 e. The summed E-state index contributed by atoms with van der Waals surface area (Å²) in [6.07, 6.45) is 2.43. The molecule has 0 radical (unpaired) electrons. The molecule has 0 unspecified atom stereocenters. The summed E-state index contributed by atoms with van der Waals surface area (Å²) in [6.45, 7) is 1.71. The number of ether oxygens (including phenoxy) is 2. The molecule has 0 atom stereocenters. The zero-order valence-electron chi connectivity index (χ0n) is 13.1. The van der Waals surface area contributed by atoms with Gasteiger partial charge in [-0.25, -0.2) is 4.39 Å². The minimum absolute atomic E-state index is 0.0149. The molecule has 1 aliphatic heterocycles.